The maximum absolute atomic E-state index is 13.6. The number of halogens is 4. The van der Waals surface area contributed by atoms with Crippen molar-refractivity contribution in [3.05, 3.63) is 81.0 Å². The lowest BCUT2D eigenvalue weighted by atomic mass is 9.98. The summed E-state index contributed by atoms with van der Waals surface area (Å²) >= 11 is 15.8. The number of hydrogen-bond donors (Lipinski definition) is 0. The first-order chi connectivity index (χ1) is 10.1. The molecule has 0 saturated heterocycles. The molecule has 0 spiro atoms. The second kappa shape index (κ2) is 5.96. The smallest absolute Gasteiger partial charge is 0.142 e. The standard InChI is InChI=1S/C17H10BrCl2F/c18-14-7-6-13(11-3-1-2-4-12(11)14)17(20)10-5-8-15(19)16(21)9-10/h1-9,17H. The third-order valence-electron chi connectivity index (χ3n) is 3.41. The van der Waals surface area contributed by atoms with Crippen LogP contribution in [0.3, 0.4) is 0 Å². The highest BCUT2D eigenvalue weighted by Gasteiger charge is 2.16. The molecule has 0 nitrogen and oxygen atoms in total. The van der Waals surface area contributed by atoms with Gasteiger partial charge in [-0.15, -0.1) is 11.6 Å². The Bertz CT molecular complexity index is 817. The molecule has 21 heavy (non-hydrogen) atoms. The zero-order valence-corrected chi connectivity index (χ0v) is 13.9. The summed E-state index contributed by atoms with van der Waals surface area (Å²) in [6.07, 6.45) is 0. The van der Waals surface area contributed by atoms with E-state index in [1.807, 2.05) is 36.4 Å². The van der Waals surface area contributed by atoms with Gasteiger partial charge in [-0.2, -0.15) is 0 Å². The summed E-state index contributed by atoms with van der Waals surface area (Å²) in [6, 6.07) is 16.5. The molecule has 0 amide bonds. The molecule has 106 valence electrons. The van der Waals surface area contributed by atoms with Gasteiger partial charge in [-0.05, 0) is 40.1 Å². The van der Waals surface area contributed by atoms with E-state index in [-0.39, 0.29) is 5.02 Å². The van der Waals surface area contributed by atoms with Gasteiger partial charge in [0.15, 0.2) is 0 Å². The van der Waals surface area contributed by atoms with Crippen LogP contribution >= 0.6 is 39.1 Å². The number of alkyl halides is 1. The maximum atomic E-state index is 13.6. The molecule has 0 bridgehead atoms. The van der Waals surface area contributed by atoms with Crippen molar-refractivity contribution in [1.82, 2.24) is 0 Å². The molecule has 0 aromatic heterocycles. The molecular formula is C17H10BrCl2F. The molecule has 4 heteroatoms. The molecular weight excluding hydrogens is 374 g/mol. The number of benzene rings is 3. The van der Waals surface area contributed by atoms with Gasteiger partial charge in [0.05, 0.1) is 10.4 Å². The molecule has 3 rings (SSSR count). The first-order valence-electron chi connectivity index (χ1n) is 6.34. The summed E-state index contributed by atoms with van der Waals surface area (Å²) in [5, 5.41) is 1.79. The molecule has 0 aliphatic carbocycles. The van der Waals surface area contributed by atoms with Crippen molar-refractivity contribution in [2.45, 2.75) is 5.38 Å². The van der Waals surface area contributed by atoms with Gasteiger partial charge in [-0.25, -0.2) is 4.39 Å². The van der Waals surface area contributed by atoms with E-state index in [0.29, 0.717) is 5.56 Å². The highest BCUT2D eigenvalue weighted by Crippen LogP contribution is 2.37. The molecule has 0 radical (unpaired) electrons. The van der Waals surface area contributed by atoms with Crippen LogP contribution in [0.4, 0.5) is 4.39 Å². The average molecular weight is 384 g/mol. The van der Waals surface area contributed by atoms with E-state index in [9.17, 15) is 4.39 Å². The van der Waals surface area contributed by atoms with Crippen molar-refractivity contribution < 1.29 is 4.39 Å². The third kappa shape index (κ3) is 2.80. The fourth-order valence-corrected chi connectivity index (χ4v) is 3.28. The van der Waals surface area contributed by atoms with Gasteiger partial charge < -0.3 is 0 Å². The molecule has 0 heterocycles. The molecule has 1 atom stereocenters. The number of fused-ring (bicyclic) bond motifs is 1. The van der Waals surface area contributed by atoms with Crippen molar-refractivity contribution in [3.63, 3.8) is 0 Å². The van der Waals surface area contributed by atoms with Gasteiger partial charge in [0.1, 0.15) is 5.82 Å². The Labute approximate surface area is 140 Å². The minimum Gasteiger partial charge on any atom is -0.205 e. The highest BCUT2D eigenvalue weighted by atomic mass is 79.9. The summed E-state index contributed by atoms with van der Waals surface area (Å²) in [4.78, 5) is 0. The Morgan fingerprint density at radius 1 is 0.952 bits per heavy atom. The summed E-state index contributed by atoms with van der Waals surface area (Å²) in [6.45, 7) is 0. The van der Waals surface area contributed by atoms with Crippen molar-refractivity contribution in [2.24, 2.45) is 0 Å². The fourth-order valence-electron chi connectivity index (χ4n) is 2.36. The van der Waals surface area contributed by atoms with Gasteiger partial charge in [0.25, 0.3) is 0 Å². The molecule has 3 aromatic carbocycles. The zero-order chi connectivity index (χ0) is 15.0. The third-order valence-corrected chi connectivity index (χ3v) is 4.90. The van der Waals surface area contributed by atoms with E-state index in [2.05, 4.69) is 15.9 Å². The van der Waals surface area contributed by atoms with Crippen molar-refractivity contribution in [2.75, 3.05) is 0 Å². The van der Waals surface area contributed by atoms with E-state index in [4.69, 9.17) is 23.2 Å². The summed E-state index contributed by atoms with van der Waals surface area (Å²) < 4.78 is 14.6. The van der Waals surface area contributed by atoms with Crippen molar-refractivity contribution >= 4 is 49.9 Å². The zero-order valence-electron chi connectivity index (χ0n) is 10.8. The van der Waals surface area contributed by atoms with Gasteiger partial charge >= 0.3 is 0 Å². The Kier molecular flexibility index (Phi) is 4.21. The van der Waals surface area contributed by atoms with E-state index in [0.717, 1.165) is 20.8 Å². The first-order valence-corrected chi connectivity index (χ1v) is 7.95. The summed E-state index contributed by atoms with van der Waals surface area (Å²) in [7, 11) is 0. The Hall–Kier alpha value is -1.09. The Morgan fingerprint density at radius 3 is 2.38 bits per heavy atom. The minimum atomic E-state index is -0.457. The molecule has 1 unspecified atom stereocenters. The monoisotopic (exact) mass is 382 g/mol. The number of rotatable bonds is 2. The molecule has 0 saturated carbocycles. The second-order valence-electron chi connectivity index (χ2n) is 4.72. The molecule has 0 N–H and O–H groups in total. The van der Waals surface area contributed by atoms with Crippen LogP contribution < -0.4 is 0 Å². The van der Waals surface area contributed by atoms with Crippen LogP contribution in [0.5, 0.6) is 0 Å². The summed E-state index contributed by atoms with van der Waals surface area (Å²) in [5.74, 6) is -0.457. The highest BCUT2D eigenvalue weighted by molar-refractivity contribution is 9.10. The lowest BCUT2D eigenvalue weighted by Gasteiger charge is -2.14. The first kappa shape index (κ1) is 14.8. The molecule has 0 fully saturated rings. The maximum Gasteiger partial charge on any atom is 0.142 e. The average Bonchev–Trinajstić information content (AvgIpc) is 2.50. The van der Waals surface area contributed by atoms with Crippen LogP contribution in [0, 0.1) is 5.82 Å². The second-order valence-corrected chi connectivity index (χ2v) is 6.42. The molecule has 0 aliphatic rings. The van der Waals surface area contributed by atoms with Crippen LogP contribution in [0.2, 0.25) is 5.02 Å². The van der Waals surface area contributed by atoms with Gasteiger partial charge in [-0.1, -0.05) is 63.9 Å². The molecule has 3 aromatic rings. The van der Waals surface area contributed by atoms with Crippen LogP contribution in [0.1, 0.15) is 16.5 Å². The predicted octanol–water partition coefficient (Wildman–Crippen LogP) is 6.72. The lowest BCUT2D eigenvalue weighted by Crippen LogP contribution is -1.96. The SMILES string of the molecule is Fc1cc(C(Cl)c2ccc(Br)c3ccccc23)ccc1Cl. The van der Waals surface area contributed by atoms with Crippen LogP contribution in [-0.4, -0.2) is 0 Å². The topological polar surface area (TPSA) is 0 Å². The predicted molar refractivity (Wildman–Crippen MR) is 90.8 cm³/mol. The number of hydrogen-bond acceptors (Lipinski definition) is 0. The van der Waals surface area contributed by atoms with Crippen LogP contribution in [0.25, 0.3) is 10.8 Å². The van der Waals surface area contributed by atoms with Crippen LogP contribution in [-0.2, 0) is 0 Å². The van der Waals surface area contributed by atoms with E-state index >= 15 is 0 Å². The quantitative estimate of drug-likeness (QED) is 0.430. The van der Waals surface area contributed by atoms with Crippen molar-refractivity contribution in [1.29, 1.82) is 0 Å². The van der Waals surface area contributed by atoms with Gasteiger partial charge in [-0.3, -0.25) is 0 Å². The fraction of sp³-hybridized carbons (Fsp3) is 0.0588. The summed E-state index contributed by atoms with van der Waals surface area (Å²) in [5.41, 5.74) is 1.63. The lowest BCUT2D eigenvalue weighted by molar-refractivity contribution is 0.626. The molecule has 0 aliphatic heterocycles. The van der Waals surface area contributed by atoms with E-state index < -0.39 is 11.2 Å². The Balaban J connectivity index is 2.15. The normalized spacial score (nSPS) is 12.6. The largest absolute Gasteiger partial charge is 0.205 e. The van der Waals surface area contributed by atoms with Crippen molar-refractivity contribution in [3.8, 4) is 0 Å². The van der Waals surface area contributed by atoms with Crippen LogP contribution in [0.15, 0.2) is 59.1 Å². The van der Waals surface area contributed by atoms with Gasteiger partial charge in [0.2, 0.25) is 0 Å². The van der Waals surface area contributed by atoms with E-state index in [1.165, 1.54) is 12.1 Å². The van der Waals surface area contributed by atoms with E-state index in [1.54, 1.807) is 6.07 Å². The van der Waals surface area contributed by atoms with Gasteiger partial charge in [0, 0.05) is 4.47 Å². The minimum absolute atomic E-state index is 0.100. The Morgan fingerprint density at radius 2 is 1.67 bits per heavy atom.